The van der Waals surface area contributed by atoms with Crippen molar-refractivity contribution >= 4 is 34.9 Å². The van der Waals surface area contributed by atoms with Gasteiger partial charge < -0.3 is 30.7 Å². The van der Waals surface area contributed by atoms with Gasteiger partial charge in [-0.05, 0) is 18.8 Å². The first-order valence-electron chi connectivity index (χ1n) is 12.2. The van der Waals surface area contributed by atoms with Crippen LogP contribution in [-0.4, -0.2) is 64.9 Å². The SMILES string of the molecule is COc1cc(Nc2nc(NCC3CN(C(=O)/C(C#N)=C\C4CC4)C3)n3ccnc3c2C(N)=O)cc(OC)c1. The molecule has 0 atom stereocenters. The van der Waals surface area contributed by atoms with E-state index < -0.39 is 5.91 Å². The Morgan fingerprint density at radius 3 is 2.53 bits per heavy atom. The van der Waals surface area contributed by atoms with E-state index in [0.717, 1.165) is 12.8 Å². The average Bonchev–Trinajstić information content (AvgIpc) is 3.58. The summed E-state index contributed by atoms with van der Waals surface area (Å²) in [6.45, 7) is 1.61. The fourth-order valence-electron chi connectivity index (χ4n) is 4.36. The number of allylic oxidation sites excluding steroid dienone is 1. The highest BCUT2D eigenvalue weighted by atomic mass is 16.5. The first kappa shape index (κ1) is 24.9. The number of amides is 2. The predicted octanol–water partition coefficient (Wildman–Crippen LogP) is 2.32. The molecular formula is C26H28N8O4. The summed E-state index contributed by atoms with van der Waals surface area (Å²) in [5.41, 5.74) is 7.01. The standard InChI is InChI=1S/C26H28N8O4/c1-37-19-8-18(9-20(10-19)38-2)31-23-21(22(28)35)24-29-5-6-34(24)26(32-23)30-12-16-13-33(14-16)25(36)17(11-27)7-15-3-4-15/h5-10,15-16,31H,3-4,12-14H2,1-2H3,(H2,28,35)(H,30,32)/b17-7-. The van der Waals surface area contributed by atoms with Gasteiger partial charge in [-0.2, -0.15) is 10.2 Å². The number of nitrogens with zero attached hydrogens (tertiary/aromatic N) is 5. The number of nitrogens with two attached hydrogens (primary N) is 1. The third kappa shape index (κ3) is 5.04. The number of rotatable bonds is 10. The molecule has 196 valence electrons. The van der Waals surface area contributed by atoms with Crippen molar-refractivity contribution in [2.75, 3.05) is 44.5 Å². The van der Waals surface area contributed by atoms with Gasteiger partial charge in [-0.15, -0.1) is 0 Å². The van der Waals surface area contributed by atoms with Gasteiger partial charge in [-0.3, -0.25) is 14.0 Å². The molecule has 2 fully saturated rings. The van der Waals surface area contributed by atoms with Crippen molar-refractivity contribution in [3.8, 4) is 17.6 Å². The number of nitrogens with one attached hydrogen (secondary N) is 2. The van der Waals surface area contributed by atoms with Crippen LogP contribution in [0, 0.1) is 23.2 Å². The minimum atomic E-state index is -0.682. The zero-order valence-corrected chi connectivity index (χ0v) is 21.1. The predicted molar refractivity (Wildman–Crippen MR) is 139 cm³/mol. The Morgan fingerprint density at radius 1 is 1.21 bits per heavy atom. The van der Waals surface area contributed by atoms with Gasteiger partial charge in [0, 0.05) is 61.8 Å². The van der Waals surface area contributed by atoms with Crippen LogP contribution < -0.4 is 25.8 Å². The molecular weight excluding hydrogens is 488 g/mol. The molecule has 3 aromatic rings. The Balaban J connectivity index is 1.34. The number of hydrogen-bond donors (Lipinski definition) is 3. The van der Waals surface area contributed by atoms with Crippen molar-refractivity contribution in [1.29, 1.82) is 5.26 Å². The highest BCUT2D eigenvalue weighted by Gasteiger charge is 2.33. The Kier molecular flexibility index (Phi) is 6.74. The van der Waals surface area contributed by atoms with Crippen LogP contribution in [0.2, 0.25) is 0 Å². The largest absolute Gasteiger partial charge is 0.497 e. The normalized spacial score (nSPS) is 15.5. The van der Waals surface area contributed by atoms with Crippen LogP contribution in [0.4, 0.5) is 17.5 Å². The summed E-state index contributed by atoms with van der Waals surface area (Å²) in [6, 6.07) is 7.25. The molecule has 2 aliphatic rings. The molecule has 0 bridgehead atoms. The second kappa shape index (κ2) is 10.3. The van der Waals surface area contributed by atoms with Gasteiger partial charge in [0.05, 0.1) is 14.2 Å². The quantitative estimate of drug-likeness (QED) is 0.271. The molecule has 2 aromatic heterocycles. The molecule has 12 heteroatoms. The third-order valence-corrected chi connectivity index (χ3v) is 6.58. The van der Waals surface area contributed by atoms with Gasteiger partial charge in [-0.1, -0.05) is 6.08 Å². The lowest BCUT2D eigenvalue weighted by atomic mass is 9.98. The number of imidazole rings is 1. The summed E-state index contributed by atoms with van der Waals surface area (Å²) in [5.74, 6) is 1.44. The van der Waals surface area contributed by atoms with E-state index in [9.17, 15) is 14.9 Å². The molecule has 1 aliphatic heterocycles. The average molecular weight is 517 g/mol. The molecule has 0 spiro atoms. The molecule has 38 heavy (non-hydrogen) atoms. The number of nitriles is 1. The number of carbonyl (C=O) groups is 2. The zero-order chi connectivity index (χ0) is 26.8. The summed E-state index contributed by atoms with van der Waals surface area (Å²) in [4.78, 5) is 35.7. The number of fused-ring (bicyclic) bond motifs is 1. The first-order chi connectivity index (χ1) is 18.4. The molecule has 1 aliphatic carbocycles. The van der Waals surface area contributed by atoms with Crippen LogP contribution in [0.5, 0.6) is 11.5 Å². The minimum absolute atomic E-state index is 0.134. The number of anilines is 3. The molecule has 1 aromatic carbocycles. The molecule has 1 saturated heterocycles. The zero-order valence-electron chi connectivity index (χ0n) is 21.1. The lowest BCUT2D eigenvalue weighted by Crippen LogP contribution is -2.52. The van der Waals surface area contributed by atoms with Gasteiger partial charge in [0.2, 0.25) is 5.95 Å². The number of ether oxygens (including phenoxy) is 2. The van der Waals surface area contributed by atoms with E-state index in [0.29, 0.717) is 54.3 Å². The minimum Gasteiger partial charge on any atom is -0.497 e. The van der Waals surface area contributed by atoms with Crippen LogP contribution in [0.1, 0.15) is 23.2 Å². The lowest BCUT2D eigenvalue weighted by Gasteiger charge is -2.39. The molecule has 0 unspecified atom stereocenters. The van der Waals surface area contributed by atoms with Gasteiger partial charge in [0.1, 0.15) is 28.7 Å². The number of methoxy groups -OCH3 is 2. The lowest BCUT2D eigenvalue weighted by molar-refractivity contribution is -0.132. The van der Waals surface area contributed by atoms with Crippen molar-refractivity contribution in [2.45, 2.75) is 12.8 Å². The summed E-state index contributed by atoms with van der Waals surface area (Å²) in [6.07, 6.45) is 7.12. The van der Waals surface area contributed by atoms with Crippen molar-refractivity contribution < 1.29 is 19.1 Å². The van der Waals surface area contributed by atoms with E-state index in [1.807, 2.05) is 6.07 Å². The van der Waals surface area contributed by atoms with Gasteiger partial charge in [0.25, 0.3) is 11.8 Å². The fourth-order valence-corrected chi connectivity index (χ4v) is 4.36. The third-order valence-electron chi connectivity index (χ3n) is 6.58. The van der Waals surface area contributed by atoms with E-state index in [1.54, 1.807) is 60.2 Å². The Bertz CT molecular complexity index is 1440. The van der Waals surface area contributed by atoms with Crippen LogP contribution in [-0.2, 0) is 4.79 Å². The monoisotopic (exact) mass is 516 g/mol. The van der Waals surface area contributed by atoms with Gasteiger partial charge >= 0.3 is 0 Å². The van der Waals surface area contributed by atoms with Gasteiger partial charge in [0.15, 0.2) is 11.5 Å². The maximum Gasteiger partial charge on any atom is 0.264 e. The molecule has 2 amide bonds. The van der Waals surface area contributed by atoms with Crippen LogP contribution in [0.15, 0.2) is 42.2 Å². The molecule has 3 heterocycles. The Labute approximate surface area is 219 Å². The van der Waals surface area contributed by atoms with E-state index in [1.165, 1.54) is 0 Å². The molecule has 5 rings (SSSR count). The number of hydrogen-bond acceptors (Lipinski definition) is 9. The fraction of sp³-hybridized carbons (Fsp3) is 0.346. The maximum absolute atomic E-state index is 12.6. The maximum atomic E-state index is 12.6. The van der Waals surface area contributed by atoms with Crippen LogP contribution in [0.3, 0.4) is 0 Å². The second-order valence-electron chi connectivity index (χ2n) is 9.36. The Morgan fingerprint density at radius 2 is 1.92 bits per heavy atom. The summed E-state index contributed by atoms with van der Waals surface area (Å²) in [7, 11) is 3.09. The van der Waals surface area contributed by atoms with Crippen LogP contribution in [0.25, 0.3) is 5.65 Å². The highest BCUT2D eigenvalue weighted by molar-refractivity contribution is 6.04. The van der Waals surface area contributed by atoms with Gasteiger partial charge in [-0.25, -0.2) is 4.98 Å². The number of primary amides is 1. The number of aromatic nitrogens is 3. The second-order valence-corrected chi connectivity index (χ2v) is 9.36. The molecule has 1 saturated carbocycles. The van der Waals surface area contributed by atoms with Crippen molar-refractivity contribution in [2.24, 2.45) is 17.6 Å². The van der Waals surface area contributed by atoms with E-state index in [2.05, 4.69) is 20.6 Å². The Hall–Kier alpha value is -4.79. The van der Waals surface area contributed by atoms with E-state index in [4.69, 9.17) is 15.2 Å². The number of carbonyl (C=O) groups excluding carboxylic acids is 2. The smallest absolute Gasteiger partial charge is 0.264 e. The summed E-state index contributed by atoms with van der Waals surface area (Å²) >= 11 is 0. The van der Waals surface area contributed by atoms with Crippen molar-refractivity contribution in [1.82, 2.24) is 19.3 Å². The topological polar surface area (TPSA) is 160 Å². The van der Waals surface area contributed by atoms with E-state index in [-0.39, 0.29) is 28.8 Å². The van der Waals surface area contributed by atoms with E-state index >= 15 is 0 Å². The summed E-state index contributed by atoms with van der Waals surface area (Å²) in [5, 5.41) is 15.8. The van der Waals surface area contributed by atoms with Crippen LogP contribution >= 0.6 is 0 Å². The summed E-state index contributed by atoms with van der Waals surface area (Å²) < 4.78 is 12.3. The van der Waals surface area contributed by atoms with Crippen molar-refractivity contribution in [3.05, 3.63) is 47.8 Å². The molecule has 12 nitrogen and oxygen atoms in total. The highest BCUT2D eigenvalue weighted by Crippen LogP contribution is 2.33. The number of benzene rings is 1. The molecule has 0 radical (unpaired) electrons. The first-order valence-corrected chi connectivity index (χ1v) is 12.2. The number of likely N-dealkylation sites (tertiary alicyclic amines) is 1. The molecule has 4 N–H and O–H groups in total. The van der Waals surface area contributed by atoms with Crippen molar-refractivity contribution in [3.63, 3.8) is 0 Å².